The Labute approximate surface area is 215 Å². The Kier molecular flexibility index (Phi) is 7.60. The summed E-state index contributed by atoms with van der Waals surface area (Å²) in [5.41, 5.74) is 4.67. The Balaban J connectivity index is 1.50. The topological polar surface area (TPSA) is 84.0 Å². The zero-order valence-electron chi connectivity index (χ0n) is 20.9. The maximum atomic E-state index is 13.3. The molecule has 4 aromatic rings. The third-order valence-corrected chi connectivity index (χ3v) is 6.76. The average Bonchev–Trinajstić information content (AvgIpc) is 3.32. The number of carbonyl (C=O) groups excluding carboxylic acids is 2. The second-order valence-corrected chi connectivity index (χ2v) is 10.8. The van der Waals surface area contributed by atoms with Crippen molar-refractivity contribution < 1.29 is 9.59 Å². The van der Waals surface area contributed by atoms with Gasteiger partial charge in [0.2, 0.25) is 11.0 Å². The van der Waals surface area contributed by atoms with Crippen molar-refractivity contribution in [2.75, 3.05) is 5.32 Å². The summed E-state index contributed by atoms with van der Waals surface area (Å²) >= 11 is 1.30. The number of aromatic nitrogens is 2. The van der Waals surface area contributed by atoms with Gasteiger partial charge >= 0.3 is 0 Å². The third-order valence-electron chi connectivity index (χ3n) is 5.87. The minimum Gasteiger partial charge on any atom is -0.340 e. The fourth-order valence-corrected chi connectivity index (χ4v) is 4.45. The highest BCUT2D eigenvalue weighted by Crippen LogP contribution is 2.27. The first-order valence-electron chi connectivity index (χ1n) is 11.9. The molecule has 0 aliphatic carbocycles. The van der Waals surface area contributed by atoms with Crippen LogP contribution in [-0.2, 0) is 16.6 Å². The van der Waals surface area contributed by atoms with E-state index in [0.717, 1.165) is 22.3 Å². The summed E-state index contributed by atoms with van der Waals surface area (Å²) in [5.74, 6) is -0.644. The molecule has 0 bridgehead atoms. The van der Waals surface area contributed by atoms with Crippen LogP contribution in [0, 0.1) is 6.92 Å². The van der Waals surface area contributed by atoms with Crippen LogP contribution in [0.2, 0.25) is 0 Å². The molecule has 1 atom stereocenters. The Hall–Kier alpha value is -3.84. The van der Waals surface area contributed by atoms with E-state index in [-0.39, 0.29) is 17.2 Å². The molecule has 0 fully saturated rings. The summed E-state index contributed by atoms with van der Waals surface area (Å²) in [7, 11) is 0. The first-order valence-corrected chi connectivity index (χ1v) is 12.7. The molecule has 1 heterocycles. The van der Waals surface area contributed by atoms with Gasteiger partial charge in [-0.2, -0.15) is 0 Å². The molecular weight excluding hydrogens is 468 g/mol. The van der Waals surface area contributed by atoms with Gasteiger partial charge in [0.1, 0.15) is 11.0 Å². The molecule has 0 aliphatic heterocycles. The van der Waals surface area contributed by atoms with Crippen molar-refractivity contribution in [2.45, 2.75) is 45.6 Å². The molecule has 0 radical (unpaired) electrons. The molecule has 2 amide bonds. The van der Waals surface area contributed by atoms with Crippen LogP contribution in [0.15, 0.2) is 78.9 Å². The van der Waals surface area contributed by atoms with Gasteiger partial charge in [0.05, 0.1) is 0 Å². The quantitative estimate of drug-likeness (QED) is 0.338. The summed E-state index contributed by atoms with van der Waals surface area (Å²) < 4.78 is 0. The van der Waals surface area contributed by atoms with E-state index in [1.165, 1.54) is 11.3 Å². The summed E-state index contributed by atoms with van der Waals surface area (Å²) in [4.78, 5) is 26.3. The predicted molar refractivity (Wildman–Crippen MR) is 145 cm³/mol. The van der Waals surface area contributed by atoms with Gasteiger partial charge in [0.25, 0.3) is 5.91 Å². The highest BCUT2D eigenvalue weighted by Gasteiger charge is 2.24. The first kappa shape index (κ1) is 25.3. The predicted octanol–water partition coefficient (Wildman–Crippen LogP) is 5.79. The van der Waals surface area contributed by atoms with Crippen molar-refractivity contribution in [2.24, 2.45) is 0 Å². The van der Waals surface area contributed by atoms with Crippen molar-refractivity contribution in [3.8, 4) is 10.6 Å². The fourth-order valence-electron chi connectivity index (χ4n) is 3.70. The molecule has 1 unspecified atom stereocenters. The molecule has 1 aromatic heterocycles. The molecule has 184 valence electrons. The van der Waals surface area contributed by atoms with Crippen LogP contribution >= 0.6 is 11.3 Å². The summed E-state index contributed by atoms with van der Waals surface area (Å²) in [6.45, 7) is 8.40. The Bertz CT molecular complexity index is 1320. The Morgan fingerprint density at radius 3 is 2.19 bits per heavy atom. The van der Waals surface area contributed by atoms with Crippen molar-refractivity contribution in [3.05, 3.63) is 101 Å². The first-order chi connectivity index (χ1) is 17.2. The number of nitrogens with zero attached hydrogens (tertiary/aromatic N) is 2. The van der Waals surface area contributed by atoms with Crippen LogP contribution < -0.4 is 10.6 Å². The molecule has 6 nitrogen and oxygen atoms in total. The Morgan fingerprint density at radius 1 is 0.889 bits per heavy atom. The van der Waals surface area contributed by atoms with E-state index >= 15 is 0 Å². The lowest BCUT2D eigenvalue weighted by Gasteiger charge is -2.20. The molecule has 0 aliphatic rings. The van der Waals surface area contributed by atoms with Crippen molar-refractivity contribution in [3.63, 3.8) is 0 Å². The highest BCUT2D eigenvalue weighted by atomic mass is 32.1. The van der Waals surface area contributed by atoms with Gasteiger partial charge in [-0.1, -0.05) is 104 Å². The van der Waals surface area contributed by atoms with Gasteiger partial charge in [0.15, 0.2) is 0 Å². The number of aryl methyl sites for hydroxylation is 1. The molecule has 4 rings (SSSR count). The van der Waals surface area contributed by atoms with Crippen molar-refractivity contribution in [1.82, 2.24) is 15.5 Å². The third kappa shape index (κ3) is 6.43. The maximum absolute atomic E-state index is 13.3. The van der Waals surface area contributed by atoms with Gasteiger partial charge in [-0.3, -0.25) is 14.9 Å². The van der Waals surface area contributed by atoms with Gasteiger partial charge in [-0.05, 0) is 35.6 Å². The van der Waals surface area contributed by atoms with Crippen molar-refractivity contribution in [1.29, 1.82) is 0 Å². The maximum Gasteiger partial charge on any atom is 0.251 e. The monoisotopic (exact) mass is 498 g/mol. The van der Waals surface area contributed by atoms with E-state index < -0.39 is 6.04 Å². The number of hydrogen-bond acceptors (Lipinski definition) is 5. The van der Waals surface area contributed by atoms with E-state index in [2.05, 4.69) is 41.6 Å². The lowest BCUT2D eigenvalue weighted by Crippen LogP contribution is -2.45. The smallest absolute Gasteiger partial charge is 0.251 e. The molecule has 36 heavy (non-hydrogen) atoms. The minimum atomic E-state index is -0.783. The molecule has 0 spiro atoms. The summed E-state index contributed by atoms with van der Waals surface area (Å²) in [6.07, 6.45) is 0.349. The second kappa shape index (κ2) is 10.8. The standard InChI is InChI=1S/C29H30N4O2S/c1-19-10-12-22(13-11-19)27-32-33-28(36-27)31-26(35)24(18-20-8-6-5-7-9-20)30-25(34)21-14-16-23(17-15-21)29(2,3)4/h5-17,24H,18H2,1-4H3,(H,30,34)(H,31,33,35). The zero-order chi connectivity index (χ0) is 25.7. The van der Waals surface area contributed by atoms with Crippen LogP contribution in [0.25, 0.3) is 10.6 Å². The number of hydrogen-bond donors (Lipinski definition) is 2. The Morgan fingerprint density at radius 2 is 1.56 bits per heavy atom. The highest BCUT2D eigenvalue weighted by molar-refractivity contribution is 7.18. The zero-order valence-corrected chi connectivity index (χ0v) is 21.7. The van der Waals surface area contributed by atoms with E-state index in [1.54, 1.807) is 12.1 Å². The van der Waals surface area contributed by atoms with Crippen LogP contribution in [0.1, 0.15) is 47.8 Å². The van der Waals surface area contributed by atoms with Gasteiger partial charge in [-0.15, -0.1) is 10.2 Å². The fraction of sp³-hybridized carbons (Fsp3) is 0.241. The van der Waals surface area contributed by atoms with Gasteiger partial charge in [0, 0.05) is 17.5 Å². The lowest BCUT2D eigenvalue weighted by molar-refractivity contribution is -0.118. The van der Waals surface area contributed by atoms with E-state index in [0.29, 0.717) is 22.1 Å². The van der Waals surface area contributed by atoms with Crippen molar-refractivity contribution >= 4 is 28.3 Å². The SMILES string of the molecule is Cc1ccc(-c2nnc(NC(=O)C(Cc3ccccc3)NC(=O)c3ccc(C(C)(C)C)cc3)s2)cc1. The van der Waals surface area contributed by atoms with Crippen LogP contribution in [-0.4, -0.2) is 28.1 Å². The molecule has 7 heteroatoms. The summed E-state index contributed by atoms with van der Waals surface area (Å²) in [5, 5.41) is 15.2. The van der Waals surface area contributed by atoms with Crippen LogP contribution in [0.5, 0.6) is 0 Å². The van der Waals surface area contributed by atoms with Gasteiger partial charge in [-0.25, -0.2) is 0 Å². The molecule has 0 saturated heterocycles. The van der Waals surface area contributed by atoms with Gasteiger partial charge < -0.3 is 5.32 Å². The van der Waals surface area contributed by atoms with Crippen LogP contribution in [0.3, 0.4) is 0 Å². The second-order valence-electron chi connectivity index (χ2n) is 9.81. The molecule has 2 N–H and O–H groups in total. The number of anilines is 1. The normalized spacial score (nSPS) is 12.1. The number of rotatable bonds is 7. The molecular formula is C29H30N4O2S. The summed E-state index contributed by atoms with van der Waals surface area (Å²) in [6, 6.07) is 24.3. The molecule has 3 aromatic carbocycles. The molecule has 0 saturated carbocycles. The number of nitrogens with one attached hydrogen (secondary N) is 2. The number of amides is 2. The lowest BCUT2D eigenvalue weighted by atomic mass is 9.86. The van der Waals surface area contributed by atoms with E-state index in [1.807, 2.05) is 73.7 Å². The van der Waals surface area contributed by atoms with Crippen LogP contribution in [0.4, 0.5) is 5.13 Å². The largest absolute Gasteiger partial charge is 0.340 e. The van der Waals surface area contributed by atoms with E-state index in [9.17, 15) is 9.59 Å². The minimum absolute atomic E-state index is 0.0100. The number of carbonyl (C=O) groups is 2. The van der Waals surface area contributed by atoms with E-state index in [4.69, 9.17) is 0 Å². The number of benzene rings is 3. The average molecular weight is 499 g/mol.